The fraction of sp³-hybridized carbons (Fsp3) is 0.831. The molecule has 0 aliphatic rings. The van der Waals surface area contributed by atoms with Crippen LogP contribution in [-0.4, -0.2) is 46.9 Å². The van der Waals surface area contributed by atoms with Gasteiger partial charge >= 0.3 is 5.97 Å². The van der Waals surface area contributed by atoms with Crippen LogP contribution < -0.4 is 5.32 Å². The molecule has 3 unspecified atom stereocenters. The van der Waals surface area contributed by atoms with Crippen molar-refractivity contribution < 1.29 is 24.5 Å². The highest BCUT2D eigenvalue weighted by Crippen LogP contribution is 2.18. The Hall–Kier alpha value is -2.18. The first-order valence-corrected chi connectivity index (χ1v) is 28.4. The molecule has 3 N–H and O–H groups in total. The van der Waals surface area contributed by atoms with Crippen LogP contribution in [0.3, 0.4) is 0 Å². The molecular weight excluding hydrogens is 803 g/mol. The summed E-state index contributed by atoms with van der Waals surface area (Å²) < 4.78 is 5.94. The molecule has 0 saturated heterocycles. The Morgan fingerprint density at radius 1 is 0.462 bits per heavy atom. The number of ether oxygens (including phenoxy) is 1. The maximum Gasteiger partial charge on any atom is 0.306 e. The summed E-state index contributed by atoms with van der Waals surface area (Å²) in [6.45, 7) is 6.36. The Bertz CT molecular complexity index is 1110. The van der Waals surface area contributed by atoms with Gasteiger partial charge < -0.3 is 20.3 Å². The van der Waals surface area contributed by atoms with Crippen molar-refractivity contribution in [2.24, 2.45) is 0 Å². The summed E-state index contributed by atoms with van der Waals surface area (Å²) in [5, 5.41) is 23.8. The van der Waals surface area contributed by atoms with Crippen molar-refractivity contribution in [1.29, 1.82) is 0 Å². The highest BCUT2D eigenvalue weighted by Gasteiger charge is 2.24. The number of hydrogen-bond acceptors (Lipinski definition) is 5. The van der Waals surface area contributed by atoms with Crippen molar-refractivity contribution in [3.05, 3.63) is 48.6 Å². The quantitative estimate of drug-likeness (QED) is 0.0321. The first-order chi connectivity index (χ1) is 32.0. The lowest BCUT2D eigenvalue weighted by Crippen LogP contribution is -2.46. The molecule has 0 aromatic rings. The van der Waals surface area contributed by atoms with Gasteiger partial charge in [-0.1, -0.05) is 281 Å². The molecule has 1 amide bonds. The predicted molar refractivity (Wildman–Crippen MR) is 282 cm³/mol. The van der Waals surface area contributed by atoms with Crippen LogP contribution in [0, 0.1) is 0 Å². The Labute approximate surface area is 404 Å². The molecule has 6 heteroatoms. The molecule has 0 saturated carbocycles. The van der Waals surface area contributed by atoms with Crippen molar-refractivity contribution in [2.45, 2.75) is 309 Å². The molecule has 0 spiro atoms. The summed E-state index contributed by atoms with van der Waals surface area (Å²) in [6.07, 6.45) is 64.7. The number of carbonyl (C=O) groups excluding carboxylic acids is 2. The second-order valence-corrected chi connectivity index (χ2v) is 19.4. The van der Waals surface area contributed by atoms with E-state index in [-0.39, 0.29) is 24.9 Å². The molecule has 3 atom stereocenters. The van der Waals surface area contributed by atoms with Gasteiger partial charge in [-0.15, -0.1) is 0 Å². The van der Waals surface area contributed by atoms with Gasteiger partial charge in [-0.2, -0.15) is 0 Å². The van der Waals surface area contributed by atoms with Crippen LogP contribution in [0.2, 0.25) is 0 Å². The van der Waals surface area contributed by atoms with Crippen LogP contribution in [0.15, 0.2) is 48.6 Å². The molecule has 0 aliphatic carbocycles. The number of allylic oxidation sites excluding steroid dienone is 8. The molecule has 0 rings (SSSR count). The Morgan fingerprint density at radius 3 is 1.26 bits per heavy atom. The summed E-state index contributed by atoms with van der Waals surface area (Å²) in [6, 6.07) is -0.713. The number of carbonyl (C=O) groups is 2. The molecule has 0 radical (unpaired) electrons. The highest BCUT2D eigenvalue weighted by atomic mass is 16.5. The van der Waals surface area contributed by atoms with Gasteiger partial charge in [-0.05, 0) is 44.9 Å². The Kier molecular flexibility index (Phi) is 51.0. The number of rotatable bonds is 51. The third kappa shape index (κ3) is 48.1. The van der Waals surface area contributed by atoms with E-state index in [2.05, 4.69) is 50.4 Å². The first kappa shape index (κ1) is 62.8. The summed E-state index contributed by atoms with van der Waals surface area (Å²) in [5.41, 5.74) is 0. The second kappa shape index (κ2) is 52.8. The van der Waals surface area contributed by atoms with Crippen LogP contribution in [0.25, 0.3) is 0 Å². The van der Waals surface area contributed by atoms with Gasteiger partial charge in [-0.3, -0.25) is 9.59 Å². The fourth-order valence-electron chi connectivity index (χ4n) is 8.74. The number of hydrogen-bond donors (Lipinski definition) is 3. The lowest BCUT2D eigenvalue weighted by Gasteiger charge is -2.24. The summed E-state index contributed by atoms with van der Waals surface area (Å²) in [4.78, 5) is 26.2. The van der Waals surface area contributed by atoms with Gasteiger partial charge in [0.05, 0.1) is 25.2 Å². The van der Waals surface area contributed by atoms with Gasteiger partial charge in [0.15, 0.2) is 0 Å². The smallest absolute Gasteiger partial charge is 0.306 e. The largest absolute Gasteiger partial charge is 0.462 e. The zero-order valence-corrected chi connectivity index (χ0v) is 43.4. The van der Waals surface area contributed by atoms with Crippen molar-refractivity contribution >= 4 is 11.9 Å². The zero-order valence-electron chi connectivity index (χ0n) is 43.4. The lowest BCUT2D eigenvalue weighted by molar-refractivity contribution is -0.151. The van der Waals surface area contributed by atoms with E-state index in [9.17, 15) is 19.8 Å². The Morgan fingerprint density at radius 2 is 0.831 bits per heavy atom. The second-order valence-electron chi connectivity index (χ2n) is 19.4. The van der Waals surface area contributed by atoms with E-state index in [1.54, 1.807) is 0 Å². The van der Waals surface area contributed by atoms with Crippen LogP contribution in [0.5, 0.6) is 0 Å². The van der Waals surface area contributed by atoms with E-state index < -0.39 is 18.2 Å². The molecule has 65 heavy (non-hydrogen) atoms. The Balaban J connectivity index is 4.52. The standard InChI is InChI=1S/C59H109NO5/c1-4-7-10-13-16-19-22-25-27-28-29-30-31-34-37-40-43-46-49-52-59(64)65-55(50-47-44-41-38-35-32-24-21-18-15-12-9-6-3)53-58(63)60-56(54-61)57(62)51-48-45-42-39-36-33-26-23-20-17-14-11-8-5-2/h9,12,15,18,21,24,32,35,55-57,61-62H,4-8,10-11,13-14,16-17,19-20,22-23,25-31,33-34,36-54H2,1-3H3,(H,60,63)/b12-9+,18-15+,24-21+,35-32-. The van der Waals surface area contributed by atoms with Crippen molar-refractivity contribution in [3.63, 3.8) is 0 Å². The van der Waals surface area contributed by atoms with E-state index in [1.807, 2.05) is 24.3 Å². The lowest BCUT2D eigenvalue weighted by atomic mass is 10.0. The number of aliphatic hydroxyl groups excluding tert-OH is 2. The first-order valence-electron chi connectivity index (χ1n) is 28.4. The van der Waals surface area contributed by atoms with Gasteiger partial charge in [-0.25, -0.2) is 0 Å². The number of unbranched alkanes of at least 4 members (excludes halogenated alkanes) is 34. The minimum atomic E-state index is -0.798. The van der Waals surface area contributed by atoms with Gasteiger partial charge in [0, 0.05) is 6.42 Å². The van der Waals surface area contributed by atoms with E-state index in [0.717, 1.165) is 70.6 Å². The molecule has 0 fully saturated rings. The van der Waals surface area contributed by atoms with Crippen LogP contribution in [0.1, 0.15) is 290 Å². The zero-order chi connectivity index (χ0) is 47.4. The molecule has 6 nitrogen and oxygen atoms in total. The molecule has 0 heterocycles. The van der Waals surface area contributed by atoms with E-state index in [1.165, 1.54) is 173 Å². The molecule has 0 aromatic heterocycles. The van der Waals surface area contributed by atoms with Gasteiger partial charge in [0.25, 0.3) is 0 Å². The summed E-state index contributed by atoms with van der Waals surface area (Å²) in [5.74, 6) is -0.500. The molecular formula is C59H109NO5. The summed E-state index contributed by atoms with van der Waals surface area (Å²) in [7, 11) is 0. The van der Waals surface area contributed by atoms with E-state index in [4.69, 9.17) is 4.74 Å². The third-order valence-corrected chi connectivity index (χ3v) is 13.0. The number of nitrogens with one attached hydrogen (secondary N) is 1. The molecule has 0 aliphatic heterocycles. The molecule has 0 bridgehead atoms. The number of esters is 1. The van der Waals surface area contributed by atoms with Crippen molar-refractivity contribution in [2.75, 3.05) is 6.61 Å². The van der Waals surface area contributed by atoms with E-state index >= 15 is 0 Å². The van der Waals surface area contributed by atoms with Crippen molar-refractivity contribution in [1.82, 2.24) is 5.32 Å². The molecule has 0 aromatic carbocycles. The summed E-state index contributed by atoms with van der Waals surface area (Å²) >= 11 is 0. The average Bonchev–Trinajstić information content (AvgIpc) is 3.30. The van der Waals surface area contributed by atoms with Crippen molar-refractivity contribution in [3.8, 4) is 0 Å². The minimum absolute atomic E-state index is 0.0542. The van der Waals surface area contributed by atoms with Crippen LogP contribution in [0.4, 0.5) is 0 Å². The number of amides is 1. The normalized spacial score (nSPS) is 13.5. The maximum absolute atomic E-state index is 13.2. The van der Waals surface area contributed by atoms with E-state index in [0.29, 0.717) is 19.3 Å². The number of aliphatic hydroxyl groups is 2. The molecule has 380 valence electrons. The topological polar surface area (TPSA) is 95.9 Å². The monoisotopic (exact) mass is 912 g/mol. The highest BCUT2D eigenvalue weighted by molar-refractivity contribution is 5.77. The van der Waals surface area contributed by atoms with Gasteiger partial charge in [0.1, 0.15) is 6.10 Å². The average molecular weight is 913 g/mol. The fourth-order valence-corrected chi connectivity index (χ4v) is 8.74. The maximum atomic E-state index is 13.2. The predicted octanol–water partition coefficient (Wildman–Crippen LogP) is 17.4. The van der Waals surface area contributed by atoms with Crippen LogP contribution >= 0.6 is 0 Å². The minimum Gasteiger partial charge on any atom is -0.462 e. The van der Waals surface area contributed by atoms with Gasteiger partial charge in [0.2, 0.25) is 5.91 Å². The third-order valence-electron chi connectivity index (χ3n) is 13.0. The SMILES string of the molecule is CC/C=C/C=C/C=C/C=C\CCCCCC(CC(=O)NC(CO)C(O)CCCCCCCCCCCCCCCC)OC(=O)CCCCCCCCCCCCCCCCCCCCC. The van der Waals surface area contributed by atoms with Crippen LogP contribution in [-0.2, 0) is 14.3 Å².